The zero-order valence-corrected chi connectivity index (χ0v) is 15.1. The van der Waals surface area contributed by atoms with Crippen molar-refractivity contribution in [2.45, 2.75) is 26.7 Å². The minimum absolute atomic E-state index is 0.0955. The molecule has 2 N–H and O–H groups in total. The highest BCUT2D eigenvalue weighted by molar-refractivity contribution is 5.54. The number of nitrogens with one attached hydrogen (secondary N) is 2. The van der Waals surface area contributed by atoms with E-state index in [9.17, 15) is 4.79 Å². The van der Waals surface area contributed by atoms with Gasteiger partial charge in [0, 0.05) is 16.9 Å². The van der Waals surface area contributed by atoms with E-state index < -0.39 is 0 Å². The molecular formula is C21H23N3O2. The summed E-state index contributed by atoms with van der Waals surface area (Å²) in [7, 11) is 0. The maximum atomic E-state index is 12.5. The topological polar surface area (TPSA) is 67.0 Å². The second kappa shape index (κ2) is 8.34. The standard InChI is InChI=1S/C21H23N3O2/c1-3-26-18-12-10-17(11-13-18)23-21-22-15(2)19(20(25)24-21)14-9-16-7-5-4-6-8-16/h4-8,10-13H,3,9,14H2,1-2H3,(H2,22,23,24,25). The van der Waals surface area contributed by atoms with Crippen molar-refractivity contribution in [3.05, 3.63) is 81.8 Å². The van der Waals surface area contributed by atoms with Crippen molar-refractivity contribution in [3.8, 4) is 5.75 Å². The van der Waals surface area contributed by atoms with E-state index in [-0.39, 0.29) is 5.56 Å². The van der Waals surface area contributed by atoms with Crippen molar-refractivity contribution >= 4 is 11.6 Å². The Kier molecular flexibility index (Phi) is 5.69. The molecule has 1 heterocycles. The summed E-state index contributed by atoms with van der Waals surface area (Å²) in [6, 6.07) is 17.7. The van der Waals surface area contributed by atoms with Crippen molar-refractivity contribution in [3.63, 3.8) is 0 Å². The number of nitrogens with zero attached hydrogens (tertiary/aromatic N) is 1. The minimum atomic E-state index is -0.0955. The lowest BCUT2D eigenvalue weighted by molar-refractivity contribution is 0.340. The number of hydrogen-bond acceptors (Lipinski definition) is 4. The summed E-state index contributed by atoms with van der Waals surface area (Å²) in [5, 5.41) is 3.13. The molecule has 3 rings (SSSR count). The van der Waals surface area contributed by atoms with E-state index in [0.29, 0.717) is 19.0 Å². The van der Waals surface area contributed by atoms with Crippen molar-refractivity contribution < 1.29 is 4.74 Å². The van der Waals surface area contributed by atoms with E-state index in [0.717, 1.165) is 29.1 Å². The van der Waals surface area contributed by atoms with Gasteiger partial charge in [-0.3, -0.25) is 9.78 Å². The molecule has 0 atom stereocenters. The summed E-state index contributed by atoms with van der Waals surface area (Å²) in [6.07, 6.45) is 1.49. The van der Waals surface area contributed by atoms with Gasteiger partial charge in [-0.1, -0.05) is 30.3 Å². The molecule has 1 aromatic heterocycles. The monoisotopic (exact) mass is 349 g/mol. The third kappa shape index (κ3) is 4.51. The fourth-order valence-corrected chi connectivity index (χ4v) is 2.82. The van der Waals surface area contributed by atoms with Crippen LogP contribution >= 0.6 is 0 Å². The lowest BCUT2D eigenvalue weighted by atomic mass is 10.0. The zero-order valence-electron chi connectivity index (χ0n) is 15.1. The van der Waals surface area contributed by atoms with E-state index in [4.69, 9.17) is 4.74 Å². The van der Waals surface area contributed by atoms with Crippen LogP contribution in [-0.4, -0.2) is 16.6 Å². The molecular weight excluding hydrogens is 326 g/mol. The predicted molar refractivity (Wildman–Crippen MR) is 104 cm³/mol. The second-order valence-corrected chi connectivity index (χ2v) is 6.05. The number of hydrogen-bond donors (Lipinski definition) is 2. The number of aromatic nitrogens is 2. The predicted octanol–water partition coefficient (Wildman–Crippen LogP) is 4.01. The molecule has 0 amide bonds. The van der Waals surface area contributed by atoms with Gasteiger partial charge in [-0.2, -0.15) is 0 Å². The Hall–Kier alpha value is -3.08. The van der Waals surface area contributed by atoms with Crippen molar-refractivity contribution in [2.24, 2.45) is 0 Å². The summed E-state index contributed by atoms with van der Waals surface area (Å²) < 4.78 is 5.43. The molecule has 0 saturated carbocycles. The van der Waals surface area contributed by atoms with Crippen molar-refractivity contribution in [1.29, 1.82) is 0 Å². The van der Waals surface area contributed by atoms with Crippen LogP contribution in [0.15, 0.2) is 59.4 Å². The van der Waals surface area contributed by atoms with Gasteiger partial charge in [-0.15, -0.1) is 0 Å². The van der Waals surface area contributed by atoms with Crippen LogP contribution in [0, 0.1) is 6.92 Å². The maximum Gasteiger partial charge on any atom is 0.255 e. The van der Waals surface area contributed by atoms with Crippen LogP contribution in [0.4, 0.5) is 11.6 Å². The van der Waals surface area contributed by atoms with Crippen LogP contribution in [0.5, 0.6) is 5.75 Å². The molecule has 5 heteroatoms. The summed E-state index contributed by atoms with van der Waals surface area (Å²) in [5.74, 6) is 1.26. The highest BCUT2D eigenvalue weighted by Gasteiger charge is 2.09. The molecule has 0 saturated heterocycles. The fraction of sp³-hybridized carbons (Fsp3) is 0.238. The van der Waals surface area contributed by atoms with Crippen LogP contribution in [0.25, 0.3) is 0 Å². The van der Waals surface area contributed by atoms with Crippen LogP contribution in [0.3, 0.4) is 0 Å². The molecule has 0 aliphatic carbocycles. The Labute approximate surface area is 153 Å². The average molecular weight is 349 g/mol. The van der Waals surface area contributed by atoms with Crippen molar-refractivity contribution in [1.82, 2.24) is 9.97 Å². The van der Waals surface area contributed by atoms with Crippen LogP contribution in [-0.2, 0) is 12.8 Å². The Bertz CT molecular complexity index is 903. The average Bonchev–Trinajstić information content (AvgIpc) is 2.64. The summed E-state index contributed by atoms with van der Waals surface area (Å²) in [6.45, 7) is 4.45. The summed E-state index contributed by atoms with van der Waals surface area (Å²) >= 11 is 0. The summed E-state index contributed by atoms with van der Waals surface area (Å²) in [4.78, 5) is 19.8. The lowest BCUT2D eigenvalue weighted by Gasteiger charge is -2.10. The lowest BCUT2D eigenvalue weighted by Crippen LogP contribution is -2.19. The molecule has 0 bridgehead atoms. The van der Waals surface area contributed by atoms with Gasteiger partial charge < -0.3 is 10.1 Å². The third-order valence-corrected chi connectivity index (χ3v) is 4.16. The molecule has 0 radical (unpaired) electrons. The van der Waals surface area contributed by atoms with Gasteiger partial charge in [0.1, 0.15) is 5.75 Å². The van der Waals surface area contributed by atoms with E-state index in [1.807, 2.05) is 56.3 Å². The first-order valence-electron chi connectivity index (χ1n) is 8.79. The van der Waals surface area contributed by atoms with Crippen LogP contribution < -0.4 is 15.6 Å². The summed E-state index contributed by atoms with van der Waals surface area (Å²) in [5.41, 5.74) is 3.43. The molecule has 3 aromatic rings. The Morgan fingerprint density at radius 3 is 2.42 bits per heavy atom. The molecule has 134 valence electrons. The molecule has 26 heavy (non-hydrogen) atoms. The highest BCUT2D eigenvalue weighted by Crippen LogP contribution is 2.18. The van der Waals surface area contributed by atoms with Crippen LogP contribution in [0.1, 0.15) is 23.7 Å². The third-order valence-electron chi connectivity index (χ3n) is 4.16. The Morgan fingerprint density at radius 1 is 1.04 bits per heavy atom. The van der Waals surface area contributed by atoms with Gasteiger partial charge in [0.05, 0.1) is 6.61 Å². The zero-order chi connectivity index (χ0) is 18.4. The highest BCUT2D eigenvalue weighted by atomic mass is 16.5. The molecule has 5 nitrogen and oxygen atoms in total. The van der Waals surface area contributed by atoms with E-state index in [1.54, 1.807) is 0 Å². The van der Waals surface area contributed by atoms with E-state index in [1.165, 1.54) is 5.56 Å². The first-order chi connectivity index (χ1) is 12.7. The SMILES string of the molecule is CCOc1ccc(Nc2nc(C)c(CCc3ccccc3)c(=O)[nH]2)cc1. The maximum absolute atomic E-state index is 12.5. The minimum Gasteiger partial charge on any atom is -0.494 e. The van der Waals surface area contributed by atoms with Gasteiger partial charge in [-0.25, -0.2) is 4.98 Å². The van der Waals surface area contributed by atoms with Gasteiger partial charge in [-0.05, 0) is 56.5 Å². The number of benzene rings is 2. The van der Waals surface area contributed by atoms with Crippen LogP contribution in [0.2, 0.25) is 0 Å². The van der Waals surface area contributed by atoms with Gasteiger partial charge in [0.2, 0.25) is 5.95 Å². The smallest absolute Gasteiger partial charge is 0.255 e. The Balaban J connectivity index is 1.71. The molecule has 0 fully saturated rings. The van der Waals surface area contributed by atoms with Crippen molar-refractivity contribution in [2.75, 3.05) is 11.9 Å². The quantitative estimate of drug-likeness (QED) is 0.676. The van der Waals surface area contributed by atoms with Gasteiger partial charge in [0.15, 0.2) is 0 Å². The normalized spacial score (nSPS) is 10.5. The fourth-order valence-electron chi connectivity index (χ4n) is 2.82. The number of rotatable bonds is 7. The molecule has 0 unspecified atom stereocenters. The molecule has 0 aliphatic heterocycles. The largest absolute Gasteiger partial charge is 0.494 e. The number of ether oxygens (including phenoxy) is 1. The number of aryl methyl sites for hydroxylation is 2. The second-order valence-electron chi connectivity index (χ2n) is 6.05. The number of H-pyrrole nitrogens is 1. The first-order valence-corrected chi connectivity index (χ1v) is 8.79. The van der Waals surface area contributed by atoms with Gasteiger partial charge in [0.25, 0.3) is 5.56 Å². The number of aromatic amines is 1. The Morgan fingerprint density at radius 2 is 1.77 bits per heavy atom. The van der Waals surface area contributed by atoms with E-state index >= 15 is 0 Å². The molecule has 0 spiro atoms. The molecule has 0 aliphatic rings. The molecule has 2 aromatic carbocycles. The van der Waals surface area contributed by atoms with E-state index in [2.05, 4.69) is 27.4 Å². The number of anilines is 2. The first kappa shape index (κ1) is 17.7. The van der Waals surface area contributed by atoms with Gasteiger partial charge >= 0.3 is 0 Å².